The number of carbonyl (C=O) groups is 1. The molecule has 0 spiro atoms. The number of rotatable bonds is 5. The summed E-state index contributed by atoms with van der Waals surface area (Å²) >= 11 is 1.45. The fraction of sp³-hybridized carbons (Fsp3) is 0.312. The van der Waals surface area contributed by atoms with Crippen LogP contribution in [0.3, 0.4) is 0 Å². The quantitative estimate of drug-likeness (QED) is 0.918. The largest absolute Gasteiger partial charge is 0.493 e. The molecule has 0 radical (unpaired) electrons. The standard InChI is InChI=1S/C16H19NO3S/c1-10-7-8-21-15(10)16(18)17-11(2)12-5-6-13(19-3)14(9-12)20-4/h5-9,11H,1-4H3,(H,17,18). The third-order valence-corrected chi connectivity index (χ3v) is 4.34. The van der Waals surface area contributed by atoms with Gasteiger partial charge in [0.1, 0.15) is 0 Å². The van der Waals surface area contributed by atoms with Crippen LogP contribution in [-0.2, 0) is 0 Å². The third kappa shape index (κ3) is 3.36. The van der Waals surface area contributed by atoms with E-state index >= 15 is 0 Å². The van der Waals surface area contributed by atoms with Crippen LogP contribution in [0.1, 0.15) is 33.8 Å². The fourth-order valence-electron chi connectivity index (χ4n) is 2.07. The lowest BCUT2D eigenvalue weighted by Gasteiger charge is -2.16. The van der Waals surface area contributed by atoms with Crippen LogP contribution in [0.2, 0.25) is 0 Å². The van der Waals surface area contributed by atoms with Crippen molar-refractivity contribution in [3.8, 4) is 11.5 Å². The molecule has 21 heavy (non-hydrogen) atoms. The SMILES string of the molecule is COc1ccc(C(C)NC(=O)c2sccc2C)cc1OC. The molecule has 1 amide bonds. The van der Waals surface area contributed by atoms with Crippen LogP contribution in [0.4, 0.5) is 0 Å². The Bertz CT molecular complexity index is 636. The maximum Gasteiger partial charge on any atom is 0.262 e. The van der Waals surface area contributed by atoms with Gasteiger partial charge in [-0.2, -0.15) is 0 Å². The molecular formula is C16H19NO3S. The Kier molecular flexibility index (Phi) is 4.85. The van der Waals surface area contributed by atoms with Gasteiger partial charge in [0.15, 0.2) is 11.5 Å². The highest BCUT2D eigenvalue weighted by Gasteiger charge is 2.16. The predicted molar refractivity (Wildman–Crippen MR) is 84.5 cm³/mol. The summed E-state index contributed by atoms with van der Waals surface area (Å²) < 4.78 is 10.5. The zero-order valence-electron chi connectivity index (χ0n) is 12.6. The minimum Gasteiger partial charge on any atom is -0.493 e. The topological polar surface area (TPSA) is 47.6 Å². The van der Waals surface area contributed by atoms with Gasteiger partial charge in [0, 0.05) is 0 Å². The van der Waals surface area contributed by atoms with E-state index in [-0.39, 0.29) is 11.9 Å². The summed E-state index contributed by atoms with van der Waals surface area (Å²) in [6.07, 6.45) is 0. The molecule has 1 N–H and O–H groups in total. The van der Waals surface area contributed by atoms with Gasteiger partial charge in [-0.25, -0.2) is 0 Å². The van der Waals surface area contributed by atoms with Crippen molar-refractivity contribution >= 4 is 17.2 Å². The highest BCUT2D eigenvalue weighted by molar-refractivity contribution is 7.12. The minimum atomic E-state index is -0.112. The van der Waals surface area contributed by atoms with E-state index in [0.29, 0.717) is 11.5 Å². The summed E-state index contributed by atoms with van der Waals surface area (Å²) in [5.74, 6) is 1.28. The molecule has 1 aromatic carbocycles. The molecule has 1 aromatic heterocycles. The Labute approximate surface area is 128 Å². The van der Waals surface area contributed by atoms with E-state index in [1.807, 2.05) is 43.5 Å². The van der Waals surface area contributed by atoms with Crippen LogP contribution < -0.4 is 14.8 Å². The lowest BCUT2D eigenvalue weighted by atomic mass is 10.1. The van der Waals surface area contributed by atoms with Crippen LogP contribution in [0, 0.1) is 6.92 Å². The van der Waals surface area contributed by atoms with Gasteiger partial charge in [-0.1, -0.05) is 6.07 Å². The average Bonchev–Trinajstić information content (AvgIpc) is 2.92. The molecule has 0 aliphatic carbocycles. The molecule has 0 aliphatic rings. The first-order chi connectivity index (χ1) is 10.1. The van der Waals surface area contributed by atoms with E-state index in [4.69, 9.17) is 9.47 Å². The number of nitrogens with one attached hydrogen (secondary N) is 1. The molecule has 2 rings (SSSR count). The van der Waals surface area contributed by atoms with Gasteiger partial charge < -0.3 is 14.8 Å². The molecule has 112 valence electrons. The first-order valence-corrected chi connectivity index (χ1v) is 7.51. The average molecular weight is 305 g/mol. The first-order valence-electron chi connectivity index (χ1n) is 6.63. The van der Waals surface area contributed by atoms with Crippen molar-refractivity contribution in [2.75, 3.05) is 14.2 Å². The number of amides is 1. The molecule has 0 bridgehead atoms. The number of thiophene rings is 1. The van der Waals surface area contributed by atoms with Crippen LogP contribution in [-0.4, -0.2) is 20.1 Å². The van der Waals surface area contributed by atoms with Crippen molar-refractivity contribution in [3.63, 3.8) is 0 Å². The summed E-state index contributed by atoms with van der Waals surface area (Å²) in [7, 11) is 3.20. The molecule has 1 heterocycles. The second kappa shape index (κ2) is 6.63. The number of hydrogen-bond donors (Lipinski definition) is 1. The Hall–Kier alpha value is -2.01. The number of benzene rings is 1. The molecule has 0 saturated heterocycles. The highest BCUT2D eigenvalue weighted by Crippen LogP contribution is 2.30. The van der Waals surface area contributed by atoms with E-state index in [9.17, 15) is 4.79 Å². The van der Waals surface area contributed by atoms with Crippen molar-refractivity contribution in [2.45, 2.75) is 19.9 Å². The Morgan fingerprint density at radius 1 is 1.19 bits per heavy atom. The molecule has 0 aliphatic heterocycles. The lowest BCUT2D eigenvalue weighted by molar-refractivity contribution is 0.0943. The van der Waals surface area contributed by atoms with Crippen molar-refractivity contribution < 1.29 is 14.3 Å². The van der Waals surface area contributed by atoms with Gasteiger partial charge in [0.25, 0.3) is 5.91 Å². The number of carbonyl (C=O) groups excluding carboxylic acids is 1. The third-order valence-electron chi connectivity index (χ3n) is 3.32. The second-order valence-electron chi connectivity index (χ2n) is 4.74. The van der Waals surface area contributed by atoms with Crippen molar-refractivity contribution in [1.29, 1.82) is 0 Å². The maximum atomic E-state index is 12.2. The minimum absolute atomic E-state index is 0.0511. The van der Waals surface area contributed by atoms with E-state index in [1.54, 1.807) is 14.2 Å². The van der Waals surface area contributed by atoms with Gasteiger partial charge in [-0.15, -0.1) is 11.3 Å². The first kappa shape index (κ1) is 15.4. The Morgan fingerprint density at radius 3 is 2.48 bits per heavy atom. The molecule has 5 heteroatoms. The molecule has 4 nitrogen and oxygen atoms in total. The number of hydrogen-bond acceptors (Lipinski definition) is 4. The van der Waals surface area contributed by atoms with E-state index in [0.717, 1.165) is 16.0 Å². The smallest absolute Gasteiger partial charge is 0.262 e. The number of methoxy groups -OCH3 is 2. The van der Waals surface area contributed by atoms with Crippen molar-refractivity contribution in [3.05, 3.63) is 45.6 Å². The summed E-state index contributed by atoms with van der Waals surface area (Å²) in [6, 6.07) is 7.48. The molecule has 1 atom stereocenters. The maximum absolute atomic E-state index is 12.2. The summed E-state index contributed by atoms with van der Waals surface area (Å²) in [5.41, 5.74) is 1.97. The van der Waals surface area contributed by atoms with E-state index < -0.39 is 0 Å². The van der Waals surface area contributed by atoms with Gasteiger partial charge in [0.2, 0.25) is 0 Å². The van der Waals surface area contributed by atoms with E-state index in [1.165, 1.54) is 11.3 Å². The van der Waals surface area contributed by atoms with Crippen LogP contribution in [0.25, 0.3) is 0 Å². The van der Waals surface area contributed by atoms with Gasteiger partial charge in [-0.3, -0.25) is 4.79 Å². The van der Waals surface area contributed by atoms with Crippen molar-refractivity contribution in [1.82, 2.24) is 5.32 Å². The highest BCUT2D eigenvalue weighted by atomic mass is 32.1. The van der Waals surface area contributed by atoms with Crippen molar-refractivity contribution in [2.24, 2.45) is 0 Å². The van der Waals surface area contributed by atoms with Gasteiger partial charge >= 0.3 is 0 Å². The molecule has 0 saturated carbocycles. The normalized spacial score (nSPS) is 11.8. The van der Waals surface area contributed by atoms with Crippen LogP contribution in [0.15, 0.2) is 29.6 Å². The lowest BCUT2D eigenvalue weighted by Crippen LogP contribution is -2.26. The van der Waals surface area contributed by atoms with Gasteiger partial charge in [-0.05, 0) is 48.6 Å². The molecular weight excluding hydrogens is 286 g/mol. The molecule has 0 fully saturated rings. The second-order valence-corrected chi connectivity index (χ2v) is 5.66. The van der Waals surface area contributed by atoms with Crippen LogP contribution in [0.5, 0.6) is 11.5 Å². The molecule has 1 unspecified atom stereocenters. The Balaban J connectivity index is 2.15. The van der Waals surface area contributed by atoms with E-state index in [2.05, 4.69) is 5.32 Å². The fourth-order valence-corrected chi connectivity index (χ4v) is 2.90. The zero-order valence-corrected chi connectivity index (χ0v) is 13.4. The predicted octanol–water partition coefficient (Wildman–Crippen LogP) is 3.56. The van der Waals surface area contributed by atoms with Gasteiger partial charge in [0.05, 0.1) is 25.1 Å². The number of ether oxygens (including phenoxy) is 2. The Morgan fingerprint density at radius 2 is 1.90 bits per heavy atom. The molecule has 2 aromatic rings. The zero-order chi connectivity index (χ0) is 15.4. The monoisotopic (exact) mass is 305 g/mol. The summed E-state index contributed by atoms with van der Waals surface area (Å²) in [4.78, 5) is 13.0. The number of aryl methyl sites for hydroxylation is 1. The summed E-state index contributed by atoms with van der Waals surface area (Å²) in [6.45, 7) is 3.88. The van der Waals surface area contributed by atoms with Crippen LogP contribution >= 0.6 is 11.3 Å². The summed E-state index contributed by atoms with van der Waals surface area (Å²) in [5, 5.41) is 4.93.